The van der Waals surface area contributed by atoms with Gasteiger partial charge in [0.05, 0.1) is 28.1 Å². The van der Waals surface area contributed by atoms with Crippen LogP contribution >= 0.6 is 15.9 Å². The molecule has 1 unspecified atom stereocenters. The Bertz CT molecular complexity index is 569. The molecule has 0 aliphatic rings. The van der Waals surface area contributed by atoms with E-state index in [-0.39, 0.29) is 6.04 Å². The molecule has 0 aromatic carbocycles. The van der Waals surface area contributed by atoms with Crippen molar-refractivity contribution < 1.29 is 0 Å². The van der Waals surface area contributed by atoms with Gasteiger partial charge in [-0.2, -0.15) is 10.2 Å². The number of aryl methyl sites for hydroxylation is 3. The summed E-state index contributed by atoms with van der Waals surface area (Å²) in [6.45, 7) is 6.88. The number of nitrogens with zero attached hydrogens (tertiary/aromatic N) is 4. The third-order valence-electron chi connectivity index (χ3n) is 3.30. The highest BCUT2D eigenvalue weighted by Gasteiger charge is 2.23. The molecule has 0 aliphatic carbocycles. The monoisotopic (exact) mass is 311 g/mol. The van der Waals surface area contributed by atoms with Gasteiger partial charge in [-0.3, -0.25) is 9.36 Å². The third kappa shape index (κ3) is 1.99. The number of rotatable bonds is 3. The summed E-state index contributed by atoms with van der Waals surface area (Å²) in [5, 5.41) is 8.73. The maximum atomic E-state index is 6.41. The summed E-state index contributed by atoms with van der Waals surface area (Å²) in [5.74, 6) is 0. The molecule has 0 radical (unpaired) electrons. The lowest BCUT2D eigenvalue weighted by Crippen LogP contribution is -2.19. The fourth-order valence-corrected chi connectivity index (χ4v) is 2.85. The number of aromatic nitrogens is 4. The van der Waals surface area contributed by atoms with Crippen molar-refractivity contribution in [1.29, 1.82) is 0 Å². The van der Waals surface area contributed by atoms with Crippen molar-refractivity contribution in [2.24, 2.45) is 12.8 Å². The number of hydrogen-bond donors (Lipinski definition) is 1. The molecular weight excluding hydrogens is 294 g/mol. The van der Waals surface area contributed by atoms with Crippen LogP contribution in [0.3, 0.4) is 0 Å². The van der Waals surface area contributed by atoms with Gasteiger partial charge in [0, 0.05) is 24.8 Å². The van der Waals surface area contributed by atoms with Crippen molar-refractivity contribution in [3.8, 4) is 0 Å². The van der Waals surface area contributed by atoms with Gasteiger partial charge in [-0.1, -0.05) is 0 Å². The number of halogens is 1. The summed E-state index contributed by atoms with van der Waals surface area (Å²) in [4.78, 5) is 0. The van der Waals surface area contributed by atoms with Gasteiger partial charge in [-0.05, 0) is 36.7 Å². The van der Waals surface area contributed by atoms with E-state index in [1.54, 1.807) is 6.20 Å². The Balaban J connectivity index is 2.54. The SMILES string of the molecule is CCn1ncc(Br)c1C(N)c1c(C)nn(C)c1C. The van der Waals surface area contributed by atoms with Crippen LogP contribution in [-0.2, 0) is 13.6 Å². The first-order valence-electron chi connectivity index (χ1n) is 5.94. The predicted molar refractivity (Wildman–Crippen MR) is 74.3 cm³/mol. The summed E-state index contributed by atoms with van der Waals surface area (Å²) in [6, 6.07) is -0.212. The highest BCUT2D eigenvalue weighted by atomic mass is 79.9. The van der Waals surface area contributed by atoms with Crippen LogP contribution in [0.1, 0.15) is 35.6 Å². The zero-order valence-corrected chi connectivity index (χ0v) is 12.7. The zero-order valence-electron chi connectivity index (χ0n) is 11.1. The average Bonchev–Trinajstić information content (AvgIpc) is 2.80. The van der Waals surface area contributed by atoms with E-state index in [1.807, 2.05) is 30.3 Å². The molecule has 6 heteroatoms. The van der Waals surface area contributed by atoms with E-state index >= 15 is 0 Å². The summed E-state index contributed by atoms with van der Waals surface area (Å²) in [5.41, 5.74) is 10.5. The Morgan fingerprint density at radius 1 is 1.44 bits per heavy atom. The van der Waals surface area contributed by atoms with Gasteiger partial charge >= 0.3 is 0 Å². The van der Waals surface area contributed by atoms with Crippen LogP contribution in [0.4, 0.5) is 0 Å². The van der Waals surface area contributed by atoms with E-state index in [0.29, 0.717) is 0 Å². The van der Waals surface area contributed by atoms with Gasteiger partial charge in [0.2, 0.25) is 0 Å². The number of nitrogens with two attached hydrogens (primary N) is 1. The summed E-state index contributed by atoms with van der Waals surface area (Å²) >= 11 is 3.52. The van der Waals surface area contributed by atoms with Crippen LogP contribution in [-0.4, -0.2) is 19.6 Å². The summed E-state index contributed by atoms with van der Waals surface area (Å²) in [6.07, 6.45) is 1.79. The van der Waals surface area contributed by atoms with Crippen molar-refractivity contribution in [3.63, 3.8) is 0 Å². The molecule has 2 aromatic heterocycles. The minimum absolute atomic E-state index is 0.212. The van der Waals surface area contributed by atoms with Crippen LogP contribution in [0.5, 0.6) is 0 Å². The van der Waals surface area contributed by atoms with Crippen LogP contribution in [0.2, 0.25) is 0 Å². The fraction of sp³-hybridized carbons (Fsp3) is 0.500. The molecular formula is C12H18BrN5. The van der Waals surface area contributed by atoms with Gasteiger partial charge in [0.25, 0.3) is 0 Å². The topological polar surface area (TPSA) is 61.7 Å². The molecule has 5 nitrogen and oxygen atoms in total. The molecule has 2 heterocycles. The molecule has 0 spiro atoms. The molecule has 2 aromatic rings. The predicted octanol–water partition coefficient (Wildman–Crippen LogP) is 2.06. The van der Waals surface area contributed by atoms with Gasteiger partial charge in [-0.15, -0.1) is 0 Å². The van der Waals surface area contributed by atoms with Crippen molar-refractivity contribution >= 4 is 15.9 Å². The van der Waals surface area contributed by atoms with E-state index < -0.39 is 0 Å². The maximum Gasteiger partial charge on any atom is 0.0771 e. The fourth-order valence-electron chi connectivity index (χ4n) is 2.31. The number of hydrogen-bond acceptors (Lipinski definition) is 3. The van der Waals surface area contributed by atoms with Crippen molar-refractivity contribution in [2.75, 3.05) is 0 Å². The molecule has 1 atom stereocenters. The van der Waals surface area contributed by atoms with E-state index in [1.165, 1.54) is 0 Å². The molecule has 98 valence electrons. The molecule has 0 saturated heterocycles. The Labute approximate surface area is 115 Å². The highest BCUT2D eigenvalue weighted by molar-refractivity contribution is 9.10. The van der Waals surface area contributed by atoms with Gasteiger partial charge < -0.3 is 5.73 Å². The highest BCUT2D eigenvalue weighted by Crippen LogP contribution is 2.30. The Hall–Kier alpha value is -1.14. The third-order valence-corrected chi connectivity index (χ3v) is 3.91. The molecule has 0 amide bonds. The standard InChI is InChI=1S/C12H18BrN5/c1-5-18-12(9(13)6-15-18)11(14)10-7(2)16-17(4)8(10)3/h6,11H,5,14H2,1-4H3. The smallest absolute Gasteiger partial charge is 0.0771 e. The Morgan fingerprint density at radius 3 is 2.61 bits per heavy atom. The quantitative estimate of drug-likeness (QED) is 0.944. The maximum absolute atomic E-state index is 6.41. The summed E-state index contributed by atoms with van der Waals surface area (Å²) < 4.78 is 4.73. The second-order valence-electron chi connectivity index (χ2n) is 4.38. The lowest BCUT2D eigenvalue weighted by atomic mass is 10.0. The van der Waals surface area contributed by atoms with E-state index in [4.69, 9.17) is 5.73 Å². The first kappa shape index (κ1) is 13.3. The van der Waals surface area contributed by atoms with Gasteiger partial charge in [0.15, 0.2) is 0 Å². The molecule has 2 N–H and O–H groups in total. The molecule has 18 heavy (non-hydrogen) atoms. The van der Waals surface area contributed by atoms with E-state index in [9.17, 15) is 0 Å². The lowest BCUT2D eigenvalue weighted by Gasteiger charge is -2.15. The second-order valence-corrected chi connectivity index (χ2v) is 5.23. The molecule has 0 fully saturated rings. The van der Waals surface area contributed by atoms with Gasteiger partial charge in [-0.25, -0.2) is 0 Å². The van der Waals surface area contributed by atoms with E-state index in [0.717, 1.165) is 33.7 Å². The molecule has 0 saturated carbocycles. The lowest BCUT2D eigenvalue weighted by molar-refractivity contribution is 0.597. The van der Waals surface area contributed by atoms with Crippen molar-refractivity contribution in [2.45, 2.75) is 33.4 Å². The zero-order chi connectivity index (χ0) is 13.4. The Morgan fingerprint density at radius 2 is 2.11 bits per heavy atom. The normalized spacial score (nSPS) is 13.0. The Kier molecular flexibility index (Phi) is 3.59. The minimum Gasteiger partial charge on any atom is -0.319 e. The molecule has 0 bridgehead atoms. The van der Waals surface area contributed by atoms with Crippen LogP contribution in [0.15, 0.2) is 10.7 Å². The van der Waals surface area contributed by atoms with Crippen molar-refractivity contribution in [3.05, 3.63) is 33.3 Å². The first-order chi connectivity index (χ1) is 8.47. The largest absolute Gasteiger partial charge is 0.319 e. The van der Waals surface area contributed by atoms with Crippen LogP contribution in [0, 0.1) is 13.8 Å². The van der Waals surface area contributed by atoms with Crippen molar-refractivity contribution in [1.82, 2.24) is 19.6 Å². The second kappa shape index (κ2) is 4.85. The first-order valence-corrected chi connectivity index (χ1v) is 6.73. The van der Waals surface area contributed by atoms with Gasteiger partial charge in [0.1, 0.15) is 0 Å². The minimum atomic E-state index is -0.212. The van der Waals surface area contributed by atoms with Crippen LogP contribution in [0.25, 0.3) is 0 Å². The summed E-state index contributed by atoms with van der Waals surface area (Å²) in [7, 11) is 1.94. The molecule has 0 aliphatic heterocycles. The molecule has 2 rings (SSSR count). The van der Waals surface area contributed by atoms with Crippen LogP contribution < -0.4 is 5.73 Å². The average molecular weight is 312 g/mol. The van der Waals surface area contributed by atoms with E-state index in [2.05, 4.69) is 33.1 Å².